The number of carbonyl (C=O) groups is 2. The molecular formula is C34H46N2O6. The number of fused-ring (bicyclic) bond motifs is 1. The van der Waals surface area contributed by atoms with Crippen molar-refractivity contribution in [2.45, 2.75) is 73.0 Å². The van der Waals surface area contributed by atoms with E-state index in [0.717, 1.165) is 43.8 Å². The van der Waals surface area contributed by atoms with Crippen LogP contribution in [0.3, 0.4) is 0 Å². The number of ketones is 1. The van der Waals surface area contributed by atoms with Gasteiger partial charge in [0.25, 0.3) is 11.7 Å². The summed E-state index contributed by atoms with van der Waals surface area (Å²) >= 11 is 0. The molecule has 1 saturated heterocycles. The quantitative estimate of drug-likeness (QED) is 0.167. The van der Waals surface area contributed by atoms with Gasteiger partial charge in [-0.2, -0.15) is 0 Å². The van der Waals surface area contributed by atoms with Crippen LogP contribution in [0.5, 0.6) is 17.2 Å². The fraction of sp³-hybridized carbons (Fsp3) is 0.529. The first kappa shape index (κ1) is 31.4. The molecule has 2 heterocycles. The molecule has 0 unspecified atom stereocenters. The molecule has 1 fully saturated rings. The van der Waals surface area contributed by atoms with Crippen molar-refractivity contribution in [3.63, 3.8) is 0 Å². The number of aliphatic hydroxyl groups excluding tert-OH is 1. The second-order valence-electron chi connectivity index (χ2n) is 11.5. The molecule has 2 atom stereocenters. The summed E-state index contributed by atoms with van der Waals surface area (Å²) in [4.78, 5) is 31.0. The summed E-state index contributed by atoms with van der Waals surface area (Å²) in [6.07, 6.45) is 2.38. The number of ether oxygens (including phenoxy) is 3. The number of rotatable bonds is 14. The molecule has 2 aliphatic heterocycles. The van der Waals surface area contributed by atoms with E-state index < -0.39 is 17.7 Å². The smallest absolute Gasteiger partial charge is 0.295 e. The average Bonchev–Trinajstić information content (AvgIpc) is 3.46. The number of hydrogen-bond donors (Lipinski definition) is 1. The van der Waals surface area contributed by atoms with Gasteiger partial charge in [0.1, 0.15) is 17.6 Å². The molecule has 2 aromatic rings. The number of likely N-dealkylation sites (tertiary alicyclic amines) is 1. The molecule has 228 valence electrons. The van der Waals surface area contributed by atoms with Crippen molar-refractivity contribution in [1.29, 1.82) is 0 Å². The zero-order chi connectivity index (χ0) is 30.4. The van der Waals surface area contributed by atoms with Gasteiger partial charge in [-0.25, -0.2) is 0 Å². The van der Waals surface area contributed by atoms with Gasteiger partial charge in [-0.05, 0) is 93.7 Å². The second kappa shape index (κ2) is 14.1. The minimum absolute atomic E-state index is 0.0482. The Bertz CT molecular complexity index is 1300. The highest BCUT2D eigenvalue weighted by molar-refractivity contribution is 6.46. The van der Waals surface area contributed by atoms with Gasteiger partial charge in [0.2, 0.25) is 0 Å². The van der Waals surface area contributed by atoms with E-state index >= 15 is 0 Å². The fourth-order valence-corrected chi connectivity index (χ4v) is 5.67. The van der Waals surface area contributed by atoms with E-state index in [9.17, 15) is 14.7 Å². The third kappa shape index (κ3) is 6.92. The monoisotopic (exact) mass is 578 g/mol. The molecule has 1 amide bonds. The van der Waals surface area contributed by atoms with E-state index in [0.29, 0.717) is 54.7 Å². The standard InChI is InChI=1S/C34H46N2O6/c1-7-35(8-2)16-10-17-36-31(24-11-14-28(29(21-24)40-9-3)41-18-15-22(4)5)30(33(38)34(36)39)32(37)25-12-13-27-26(20-25)19-23(6)42-27/h11-14,20-23,31,37H,7-10,15-19H2,1-6H3/t23-,31-/m1/s1. The van der Waals surface area contributed by atoms with Crippen LogP contribution in [0.25, 0.3) is 5.76 Å². The second-order valence-corrected chi connectivity index (χ2v) is 11.5. The summed E-state index contributed by atoms with van der Waals surface area (Å²) in [6, 6.07) is 10.2. The molecule has 0 saturated carbocycles. The molecule has 0 radical (unpaired) electrons. The predicted octanol–water partition coefficient (Wildman–Crippen LogP) is 5.99. The van der Waals surface area contributed by atoms with Gasteiger partial charge in [-0.15, -0.1) is 0 Å². The highest BCUT2D eigenvalue weighted by Gasteiger charge is 2.46. The Kier molecular flexibility index (Phi) is 10.5. The number of nitrogens with zero attached hydrogens (tertiary/aromatic N) is 2. The highest BCUT2D eigenvalue weighted by Crippen LogP contribution is 2.43. The molecular weight excluding hydrogens is 532 g/mol. The van der Waals surface area contributed by atoms with Crippen LogP contribution < -0.4 is 14.2 Å². The van der Waals surface area contributed by atoms with Gasteiger partial charge in [-0.1, -0.05) is 33.8 Å². The van der Waals surface area contributed by atoms with Crippen LogP contribution in [0, 0.1) is 5.92 Å². The molecule has 4 rings (SSSR count). The van der Waals surface area contributed by atoms with Crippen LogP contribution in [-0.2, 0) is 16.0 Å². The van der Waals surface area contributed by atoms with Crippen molar-refractivity contribution in [2.24, 2.45) is 5.92 Å². The van der Waals surface area contributed by atoms with Gasteiger partial charge in [0.15, 0.2) is 11.5 Å². The Hall–Kier alpha value is -3.52. The van der Waals surface area contributed by atoms with E-state index in [2.05, 4.69) is 32.6 Å². The first-order valence-corrected chi connectivity index (χ1v) is 15.4. The fourth-order valence-electron chi connectivity index (χ4n) is 5.67. The van der Waals surface area contributed by atoms with Crippen LogP contribution in [0.15, 0.2) is 42.0 Å². The number of Topliss-reactive ketones (excluding diaryl/α,β-unsaturated/α-hetero) is 1. The number of benzene rings is 2. The summed E-state index contributed by atoms with van der Waals surface area (Å²) in [5.74, 6) is 0.993. The summed E-state index contributed by atoms with van der Waals surface area (Å²) in [7, 11) is 0. The lowest BCUT2D eigenvalue weighted by molar-refractivity contribution is -0.140. The minimum Gasteiger partial charge on any atom is -0.507 e. The highest BCUT2D eigenvalue weighted by atomic mass is 16.5. The van der Waals surface area contributed by atoms with Crippen molar-refractivity contribution >= 4 is 17.4 Å². The van der Waals surface area contributed by atoms with Gasteiger partial charge < -0.3 is 29.1 Å². The molecule has 0 spiro atoms. The number of aliphatic hydroxyl groups is 1. The first-order valence-electron chi connectivity index (χ1n) is 15.4. The van der Waals surface area contributed by atoms with Gasteiger partial charge in [-0.3, -0.25) is 9.59 Å². The van der Waals surface area contributed by atoms with Crippen LogP contribution in [0.4, 0.5) is 0 Å². The average molecular weight is 579 g/mol. The minimum atomic E-state index is -0.756. The lowest BCUT2D eigenvalue weighted by Gasteiger charge is -2.27. The molecule has 0 aromatic heterocycles. The number of carbonyl (C=O) groups excluding carboxylic acids is 2. The van der Waals surface area contributed by atoms with Crippen LogP contribution >= 0.6 is 0 Å². The Morgan fingerprint density at radius 3 is 2.52 bits per heavy atom. The molecule has 0 aliphatic carbocycles. The topological polar surface area (TPSA) is 88.5 Å². The van der Waals surface area contributed by atoms with E-state index in [4.69, 9.17) is 14.2 Å². The molecule has 2 aliphatic rings. The number of hydrogen-bond acceptors (Lipinski definition) is 7. The van der Waals surface area contributed by atoms with Crippen molar-refractivity contribution in [3.8, 4) is 17.2 Å². The molecule has 1 N–H and O–H groups in total. The van der Waals surface area contributed by atoms with Crippen LogP contribution in [0.1, 0.15) is 77.1 Å². The molecule has 8 nitrogen and oxygen atoms in total. The van der Waals surface area contributed by atoms with Crippen LogP contribution in [0.2, 0.25) is 0 Å². The number of amides is 1. The van der Waals surface area contributed by atoms with E-state index in [-0.39, 0.29) is 17.4 Å². The zero-order valence-electron chi connectivity index (χ0n) is 25.9. The summed E-state index contributed by atoms with van der Waals surface area (Å²) in [5.41, 5.74) is 2.25. The lowest BCUT2D eigenvalue weighted by atomic mass is 9.94. The van der Waals surface area contributed by atoms with E-state index in [1.807, 2.05) is 44.2 Å². The van der Waals surface area contributed by atoms with Gasteiger partial charge in [0, 0.05) is 18.5 Å². The van der Waals surface area contributed by atoms with Crippen molar-refractivity contribution in [2.75, 3.05) is 39.4 Å². The molecule has 2 aromatic carbocycles. The normalized spacial score (nSPS) is 19.5. The Labute approximate surface area is 250 Å². The maximum Gasteiger partial charge on any atom is 0.295 e. The van der Waals surface area contributed by atoms with Crippen LogP contribution in [-0.4, -0.2) is 72.1 Å². The molecule has 8 heteroatoms. The lowest BCUT2D eigenvalue weighted by Crippen LogP contribution is -2.33. The third-order valence-electron chi connectivity index (χ3n) is 8.01. The summed E-state index contributed by atoms with van der Waals surface area (Å²) < 4.78 is 17.8. The zero-order valence-corrected chi connectivity index (χ0v) is 25.9. The largest absolute Gasteiger partial charge is 0.507 e. The Morgan fingerprint density at radius 2 is 1.83 bits per heavy atom. The first-order chi connectivity index (χ1) is 20.2. The SMILES string of the molecule is CCOc1cc([C@@H]2C(=C(O)c3ccc4c(c3)C[C@@H](C)O4)C(=O)C(=O)N2CCCN(CC)CC)ccc1OCCC(C)C. The van der Waals surface area contributed by atoms with Crippen molar-refractivity contribution in [1.82, 2.24) is 9.80 Å². The Balaban J connectivity index is 1.75. The molecule has 0 bridgehead atoms. The van der Waals surface area contributed by atoms with E-state index in [1.54, 1.807) is 11.0 Å². The molecule has 42 heavy (non-hydrogen) atoms. The van der Waals surface area contributed by atoms with Gasteiger partial charge >= 0.3 is 0 Å². The summed E-state index contributed by atoms with van der Waals surface area (Å²) in [6.45, 7) is 16.4. The van der Waals surface area contributed by atoms with Gasteiger partial charge in [0.05, 0.1) is 24.8 Å². The predicted molar refractivity (Wildman–Crippen MR) is 164 cm³/mol. The summed E-state index contributed by atoms with van der Waals surface area (Å²) in [5, 5.41) is 11.6. The maximum atomic E-state index is 13.6. The Morgan fingerprint density at radius 1 is 1.07 bits per heavy atom. The van der Waals surface area contributed by atoms with Crippen molar-refractivity contribution < 1.29 is 28.9 Å². The maximum absolute atomic E-state index is 13.6. The van der Waals surface area contributed by atoms with E-state index in [1.165, 1.54) is 0 Å². The third-order valence-corrected chi connectivity index (χ3v) is 8.01. The van der Waals surface area contributed by atoms with Crippen molar-refractivity contribution in [3.05, 3.63) is 58.7 Å².